The molecule has 0 aliphatic rings. The summed E-state index contributed by atoms with van der Waals surface area (Å²) in [6.45, 7) is 0. The van der Waals surface area contributed by atoms with Crippen LogP contribution in [0.3, 0.4) is 0 Å². The van der Waals surface area contributed by atoms with Crippen molar-refractivity contribution in [2.75, 3.05) is 0 Å². The molecule has 0 unspecified atom stereocenters. The van der Waals surface area contributed by atoms with E-state index in [1.54, 1.807) is 17.4 Å². The van der Waals surface area contributed by atoms with E-state index in [0.717, 1.165) is 22.1 Å². The Balaban J connectivity index is 2.47. The lowest BCUT2D eigenvalue weighted by Gasteiger charge is -1.91. The number of nitrogens with zero attached hydrogens (tertiary/aromatic N) is 1. The SMILES string of the molecule is O=CC=Cc1ccc2ncsc2c1. The van der Waals surface area contributed by atoms with E-state index >= 15 is 0 Å². The van der Waals surface area contributed by atoms with Gasteiger partial charge in [0.2, 0.25) is 0 Å². The molecule has 0 aliphatic carbocycles. The lowest BCUT2D eigenvalue weighted by atomic mass is 10.2. The van der Waals surface area contributed by atoms with E-state index in [9.17, 15) is 4.79 Å². The van der Waals surface area contributed by atoms with Crippen LogP contribution in [0.25, 0.3) is 16.3 Å². The van der Waals surface area contributed by atoms with Gasteiger partial charge in [-0.1, -0.05) is 12.1 Å². The highest BCUT2D eigenvalue weighted by Crippen LogP contribution is 2.19. The summed E-state index contributed by atoms with van der Waals surface area (Å²) >= 11 is 1.60. The van der Waals surface area contributed by atoms with E-state index in [2.05, 4.69) is 4.98 Å². The molecule has 13 heavy (non-hydrogen) atoms. The van der Waals surface area contributed by atoms with Crippen molar-refractivity contribution in [1.29, 1.82) is 0 Å². The highest BCUT2D eigenvalue weighted by molar-refractivity contribution is 7.16. The highest BCUT2D eigenvalue weighted by atomic mass is 32.1. The van der Waals surface area contributed by atoms with E-state index in [4.69, 9.17) is 0 Å². The van der Waals surface area contributed by atoms with Crippen molar-refractivity contribution in [3.8, 4) is 0 Å². The summed E-state index contributed by atoms with van der Waals surface area (Å²) < 4.78 is 1.15. The van der Waals surface area contributed by atoms with E-state index in [0.29, 0.717) is 0 Å². The molecule has 0 radical (unpaired) electrons. The zero-order chi connectivity index (χ0) is 9.10. The molecule has 3 heteroatoms. The molecule has 0 bridgehead atoms. The number of fused-ring (bicyclic) bond motifs is 1. The molecule has 0 N–H and O–H groups in total. The van der Waals surface area contributed by atoms with Crippen LogP contribution < -0.4 is 0 Å². The molecule has 1 heterocycles. The van der Waals surface area contributed by atoms with Crippen LogP contribution in [0.4, 0.5) is 0 Å². The van der Waals surface area contributed by atoms with Crippen LogP contribution in [0.15, 0.2) is 29.8 Å². The third-order valence-electron chi connectivity index (χ3n) is 1.72. The second kappa shape index (κ2) is 3.49. The zero-order valence-corrected chi connectivity index (χ0v) is 7.62. The fourth-order valence-electron chi connectivity index (χ4n) is 1.13. The van der Waals surface area contributed by atoms with Gasteiger partial charge < -0.3 is 0 Å². The minimum absolute atomic E-state index is 0.775. The maximum Gasteiger partial charge on any atom is 0.142 e. The Bertz CT molecular complexity index is 459. The highest BCUT2D eigenvalue weighted by Gasteiger charge is 1.95. The molecule has 0 fully saturated rings. The van der Waals surface area contributed by atoms with Crippen molar-refractivity contribution in [1.82, 2.24) is 4.98 Å². The predicted molar refractivity (Wildman–Crippen MR) is 54.7 cm³/mol. The van der Waals surface area contributed by atoms with Gasteiger partial charge in [0.15, 0.2) is 0 Å². The molecule has 0 aliphatic heterocycles. The van der Waals surface area contributed by atoms with Crippen molar-refractivity contribution < 1.29 is 4.79 Å². The number of rotatable bonds is 2. The molecule has 0 atom stereocenters. The quantitative estimate of drug-likeness (QED) is 0.536. The number of carbonyl (C=O) groups is 1. The van der Waals surface area contributed by atoms with Crippen molar-refractivity contribution >= 4 is 33.9 Å². The summed E-state index contributed by atoms with van der Waals surface area (Å²) in [5, 5.41) is 0. The fourth-order valence-corrected chi connectivity index (χ4v) is 1.85. The van der Waals surface area contributed by atoms with Gasteiger partial charge in [0.1, 0.15) is 6.29 Å². The van der Waals surface area contributed by atoms with Crippen LogP contribution in [0.2, 0.25) is 0 Å². The largest absolute Gasteiger partial charge is 0.299 e. The number of carbonyl (C=O) groups excluding carboxylic acids is 1. The predicted octanol–water partition coefficient (Wildman–Crippen LogP) is 2.51. The average Bonchev–Trinajstić information content (AvgIpc) is 2.61. The van der Waals surface area contributed by atoms with Gasteiger partial charge in [-0.2, -0.15) is 0 Å². The summed E-state index contributed by atoms with van der Waals surface area (Å²) in [5.74, 6) is 0. The van der Waals surface area contributed by atoms with Crippen molar-refractivity contribution in [2.24, 2.45) is 0 Å². The van der Waals surface area contributed by atoms with Gasteiger partial charge in [0.05, 0.1) is 15.7 Å². The second-order valence-corrected chi connectivity index (χ2v) is 3.46. The molecule has 0 saturated carbocycles. The Hall–Kier alpha value is -1.48. The first-order valence-corrected chi connectivity index (χ1v) is 4.73. The molecule has 0 saturated heterocycles. The average molecular weight is 189 g/mol. The number of hydrogen-bond donors (Lipinski definition) is 0. The van der Waals surface area contributed by atoms with Crippen LogP contribution in [-0.4, -0.2) is 11.3 Å². The van der Waals surface area contributed by atoms with E-state index < -0.39 is 0 Å². The molecule has 0 amide bonds. The van der Waals surface area contributed by atoms with Gasteiger partial charge in [0.25, 0.3) is 0 Å². The Morgan fingerprint density at radius 2 is 2.31 bits per heavy atom. The number of aldehydes is 1. The first kappa shape index (κ1) is 8.13. The van der Waals surface area contributed by atoms with E-state index in [1.165, 1.54) is 6.08 Å². The monoisotopic (exact) mass is 189 g/mol. The summed E-state index contributed by atoms with van der Waals surface area (Å²) in [4.78, 5) is 14.3. The van der Waals surface area contributed by atoms with Gasteiger partial charge >= 0.3 is 0 Å². The van der Waals surface area contributed by atoms with Crippen LogP contribution in [0.5, 0.6) is 0 Å². The summed E-state index contributed by atoms with van der Waals surface area (Å²) in [5.41, 5.74) is 3.86. The topological polar surface area (TPSA) is 30.0 Å². The van der Waals surface area contributed by atoms with Gasteiger partial charge in [-0.3, -0.25) is 4.79 Å². The van der Waals surface area contributed by atoms with Gasteiger partial charge in [-0.25, -0.2) is 4.98 Å². The number of thiazole rings is 1. The van der Waals surface area contributed by atoms with Crippen LogP contribution in [0, 0.1) is 0 Å². The molecular weight excluding hydrogens is 182 g/mol. The molecule has 2 rings (SSSR count). The van der Waals surface area contributed by atoms with E-state index in [1.807, 2.05) is 23.7 Å². The summed E-state index contributed by atoms with van der Waals surface area (Å²) in [6.07, 6.45) is 4.05. The van der Waals surface area contributed by atoms with Crippen molar-refractivity contribution in [3.63, 3.8) is 0 Å². The second-order valence-electron chi connectivity index (χ2n) is 2.57. The van der Waals surface area contributed by atoms with Crippen molar-refractivity contribution in [2.45, 2.75) is 0 Å². The first-order valence-electron chi connectivity index (χ1n) is 3.85. The number of allylic oxidation sites excluding steroid dienone is 1. The Kier molecular flexibility index (Phi) is 2.19. The van der Waals surface area contributed by atoms with Crippen LogP contribution >= 0.6 is 11.3 Å². The van der Waals surface area contributed by atoms with Crippen molar-refractivity contribution in [3.05, 3.63) is 35.3 Å². The third kappa shape index (κ3) is 1.65. The molecule has 1 aromatic carbocycles. The van der Waals surface area contributed by atoms with E-state index in [-0.39, 0.29) is 0 Å². The lowest BCUT2D eigenvalue weighted by Crippen LogP contribution is -1.72. The number of aromatic nitrogens is 1. The maximum atomic E-state index is 10.1. The van der Waals surface area contributed by atoms with Gasteiger partial charge in [-0.15, -0.1) is 11.3 Å². The smallest absolute Gasteiger partial charge is 0.142 e. The normalized spacial score (nSPS) is 11.1. The zero-order valence-electron chi connectivity index (χ0n) is 6.81. The Morgan fingerprint density at radius 3 is 3.15 bits per heavy atom. The van der Waals surface area contributed by atoms with Crippen LogP contribution in [-0.2, 0) is 4.79 Å². The third-order valence-corrected chi connectivity index (χ3v) is 2.51. The molecule has 1 aromatic heterocycles. The standard InChI is InChI=1S/C10H7NOS/c12-5-1-2-8-3-4-9-10(6-8)13-7-11-9/h1-7H. The Morgan fingerprint density at radius 1 is 1.38 bits per heavy atom. The number of hydrogen-bond acceptors (Lipinski definition) is 3. The molecule has 2 aromatic rings. The lowest BCUT2D eigenvalue weighted by molar-refractivity contribution is -0.104. The summed E-state index contributed by atoms with van der Waals surface area (Å²) in [7, 11) is 0. The fraction of sp³-hybridized carbons (Fsp3) is 0. The molecular formula is C10H7NOS. The number of benzene rings is 1. The van der Waals surface area contributed by atoms with Gasteiger partial charge in [-0.05, 0) is 23.8 Å². The Labute approximate surface area is 79.5 Å². The minimum atomic E-state index is 0.775. The van der Waals surface area contributed by atoms with Crippen LogP contribution in [0.1, 0.15) is 5.56 Å². The first-order chi connectivity index (χ1) is 6.40. The summed E-state index contributed by atoms with van der Waals surface area (Å²) in [6, 6.07) is 5.92. The van der Waals surface area contributed by atoms with Gasteiger partial charge in [0, 0.05) is 0 Å². The maximum absolute atomic E-state index is 10.1. The molecule has 0 spiro atoms. The molecule has 64 valence electrons. The molecule has 2 nitrogen and oxygen atoms in total. The minimum Gasteiger partial charge on any atom is -0.299 e.